The maximum absolute atomic E-state index is 12.3. The number of ether oxygens (including phenoxy) is 4. The molecule has 0 saturated heterocycles. The number of hydrazone groups is 1. The number of benzene rings is 3. The molecule has 3 aromatic rings. The minimum Gasteiger partial charge on any atom is -0.493 e. The van der Waals surface area contributed by atoms with Crippen molar-refractivity contribution in [3.05, 3.63) is 89.5 Å². The van der Waals surface area contributed by atoms with Gasteiger partial charge in [0.25, 0.3) is 11.8 Å². The molecular weight excluding hydrogens is 490 g/mol. The van der Waals surface area contributed by atoms with Gasteiger partial charge in [-0.15, -0.1) is 0 Å². The predicted molar refractivity (Wildman–Crippen MR) is 142 cm³/mol. The first-order valence-corrected chi connectivity index (χ1v) is 11.4. The van der Waals surface area contributed by atoms with Gasteiger partial charge < -0.3 is 24.3 Å². The molecule has 38 heavy (non-hydrogen) atoms. The Morgan fingerprint density at radius 3 is 2.18 bits per heavy atom. The average Bonchev–Trinajstić information content (AvgIpc) is 2.95. The molecule has 0 atom stereocenters. The summed E-state index contributed by atoms with van der Waals surface area (Å²) in [6.07, 6.45) is 4.36. The maximum atomic E-state index is 12.3. The number of amides is 2. The van der Waals surface area contributed by atoms with E-state index in [1.165, 1.54) is 39.7 Å². The van der Waals surface area contributed by atoms with Crippen molar-refractivity contribution >= 4 is 30.1 Å². The molecule has 0 fully saturated rings. The number of rotatable bonds is 11. The summed E-state index contributed by atoms with van der Waals surface area (Å²) in [6, 6.07) is 18.8. The normalized spacial score (nSPS) is 10.7. The van der Waals surface area contributed by atoms with Crippen molar-refractivity contribution in [2.45, 2.75) is 0 Å². The van der Waals surface area contributed by atoms with E-state index in [-0.39, 0.29) is 12.3 Å². The van der Waals surface area contributed by atoms with E-state index in [4.69, 9.17) is 18.9 Å². The van der Waals surface area contributed by atoms with Crippen LogP contribution >= 0.6 is 0 Å². The van der Waals surface area contributed by atoms with E-state index in [0.29, 0.717) is 28.4 Å². The molecule has 0 radical (unpaired) electrons. The summed E-state index contributed by atoms with van der Waals surface area (Å²) < 4.78 is 21.0. The van der Waals surface area contributed by atoms with E-state index in [0.717, 1.165) is 5.56 Å². The van der Waals surface area contributed by atoms with Crippen LogP contribution in [0.4, 0.5) is 0 Å². The molecule has 3 rings (SSSR count). The Balaban J connectivity index is 1.51. The summed E-state index contributed by atoms with van der Waals surface area (Å²) in [5, 5.41) is 6.39. The van der Waals surface area contributed by atoms with Gasteiger partial charge in [-0.2, -0.15) is 5.10 Å². The molecule has 0 unspecified atom stereocenters. The third-order valence-electron chi connectivity index (χ3n) is 5.07. The lowest BCUT2D eigenvalue weighted by Crippen LogP contribution is -2.34. The van der Waals surface area contributed by atoms with Gasteiger partial charge in [0.1, 0.15) is 0 Å². The van der Waals surface area contributed by atoms with Gasteiger partial charge in [-0.05, 0) is 53.6 Å². The van der Waals surface area contributed by atoms with Crippen LogP contribution in [0.2, 0.25) is 0 Å². The molecule has 0 saturated carbocycles. The van der Waals surface area contributed by atoms with Crippen LogP contribution < -0.4 is 29.7 Å². The standard InChI is InChI=1S/C28H27N3O7/c1-35-22-13-11-21(16-25(22)37-3)28(34)29-18-26(32)31-30-17-20-9-12-23(24(15-20)36-2)38-27(33)14-10-19-7-5-4-6-8-19/h4-17H,18H2,1-3H3,(H,29,34)(H,31,32)/b14-10+,30-17+. The SMILES string of the molecule is COc1ccc(C(=O)NCC(=O)N/N=C/c2ccc(OC(=O)/C=C/c3ccccc3)c(OC)c2)cc1OC. The van der Waals surface area contributed by atoms with Gasteiger partial charge in [0.15, 0.2) is 23.0 Å². The first kappa shape index (κ1) is 27.5. The summed E-state index contributed by atoms with van der Waals surface area (Å²) in [7, 11) is 4.40. The molecule has 0 aliphatic rings. The van der Waals surface area contributed by atoms with E-state index < -0.39 is 17.8 Å². The molecule has 10 heteroatoms. The molecule has 0 heterocycles. The Bertz CT molecular complexity index is 1340. The lowest BCUT2D eigenvalue weighted by Gasteiger charge is -2.09. The van der Waals surface area contributed by atoms with Crippen molar-refractivity contribution in [2.75, 3.05) is 27.9 Å². The number of carbonyl (C=O) groups excluding carboxylic acids is 3. The summed E-state index contributed by atoms with van der Waals surface area (Å²) in [4.78, 5) is 36.6. The number of methoxy groups -OCH3 is 3. The van der Waals surface area contributed by atoms with Crippen molar-refractivity contribution in [3.63, 3.8) is 0 Å². The highest BCUT2D eigenvalue weighted by Gasteiger charge is 2.12. The Morgan fingerprint density at radius 1 is 0.789 bits per heavy atom. The topological polar surface area (TPSA) is 125 Å². The lowest BCUT2D eigenvalue weighted by atomic mass is 10.2. The van der Waals surface area contributed by atoms with Gasteiger partial charge >= 0.3 is 5.97 Å². The van der Waals surface area contributed by atoms with Crippen molar-refractivity contribution in [1.29, 1.82) is 0 Å². The van der Waals surface area contributed by atoms with Crippen LogP contribution in [0.3, 0.4) is 0 Å². The summed E-state index contributed by atoms with van der Waals surface area (Å²) >= 11 is 0. The number of carbonyl (C=O) groups is 3. The zero-order valence-corrected chi connectivity index (χ0v) is 21.1. The molecule has 0 bridgehead atoms. The number of esters is 1. The van der Waals surface area contributed by atoms with Gasteiger partial charge in [-0.25, -0.2) is 10.2 Å². The van der Waals surface area contributed by atoms with Crippen LogP contribution in [0, 0.1) is 0 Å². The van der Waals surface area contributed by atoms with Crippen LogP contribution in [0.25, 0.3) is 6.08 Å². The molecule has 0 aromatic heterocycles. The maximum Gasteiger partial charge on any atom is 0.336 e. The monoisotopic (exact) mass is 517 g/mol. The van der Waals surface area contributed by atoms with Crippen molar-refractivity contribution in [1.82, 2.24) is 10.7 Å². The summed E-state index contributed by atoms with van der Waals surface area (Å²) in [5.74, 6) is -0.126. The summed E-state index contributed by atoms with van der Waals surface area (Å²) in [6.45, 7) is -0.292. The van der Waals surface area contributed by atoms with Gasteiger partial charge in [0.2, 0.25) is 0 Å². The number of hydrogen-bond acceptors (Lipinski definition) is 8. The van der Waals surface area contributed by atoms with E-state index in [1.807, 2.05) is 30.3 Å². The van der Waals surface area contributed by atoms with Crippen molar-refractivity contribution in [3.8, 4) is 23.0 Å². The Labute approximate surface area is 219 Å². The smallest absolute Gasteiger partial charge is 0.336 e. The zero-order chi connectivity index (χ0) is 27.3. The molecule has 3 aromatic carbocycles. The van der Waals surface area contributed by atoms with E-state index in [9.17, 15) is 14.4 Å². The Hall–Kier alpha value is -5.12. The highest BCUT2D eigenvalue weighted by molar-refractivity contribution is 5.97. The number of hydrogen-bond donors (Lipinski definition) is 2. The van der Waals surface area contributed by atoms with Crippen LogP contribution in [0.5, 0.6) is 23.0 Å². The first-order valence-electron chi connectivity index (χ1n) is 11.4. The fourth-order valence-electron chi connectivity index (χ4n) is 3.18. The van der Waals surface area contributed by atoms with Crippen LogP contribution in [0.15, 0.2) is 77.9 Å². The van der Waals surface area contributed by atoms with Crippen LogP contribution in [0.1, 0.15) is 21.5 Å². The molecule has 10 nitrogen and oxygen atoms in total. The Kier molecular flexibility index (Phi) is 10.00. The quantitative estimate of drug-likeness (QED) is 0.132. The third-order valence-corrected chi connectivity index (χ3v) is 5.07. The average molecular weight is 518 g/mol. The molecule has 0 spiro atoms. The van der Waals surface area contributed by atoms with E-state index in [2.05, 4.69) is 15.8 Å². The second-order valence-electron chi connectivity index (χ2n) is 7.62. The van der Waals surface area contributed by atoms with E-state index in [1.54, 1.807) is 36.4 Å². The van der Waals surface area contributed by atoms with Crippen molar-refractivity contribution < 1.29 is 33.3 Å². The van der Waals surface area contributed by atoms with Gasteiger partial charge in [0, 0.05) is 11.6 Å². The lowest BCUT2D eigenvalue weighted by molar-refractivity contribution is -0.129. The van der Waals surface area contributed by atoms with Crippen LogP contribution in [-0.2, 0) is 9.59 Å². The minimum absolute atomic E-state index is 0.231. The number of nitrogens with one attached hydrogen (secondary N) is 2. The largest absolute Gasteiger partial charge is 0.493 e. The van der Waals surface area contributed by atoms with E-state index >= 15 is 0 Å². The molecule has 0 aliphatic heterocycles. The number of nitrogens with zero attached hydrogens (tertiary/aromatic N) is 1. The Morgan fingerprint density at radius 2 is 1.47 bits per heavy atom. The predicted octanol–water partition coefficient (Wildman–Crippen LogP) is 3.21. The summed E-state index contributed by atoms with van der Waals surface area (Å²) in [5.41, 5.74) is 4.08. The highest BCUT2D eigenvalue weighted by Crippen LogP contribution is 2.28. The van der Waals surface area contributed by atoms with Crippen molar-refractivity contribution in [2.24, 2.45) is 5.10 Å². The zero-order valence-electron chi connectivity index (χ0n) is 21.1. The third kappa shape index (κ3) is 7.95. The first-order chi connectivity index (χ1) is 18.4. The van der Waals surface area contributed by atoms with Gasteiger partial charge in [-0.3, -0.25) is 9.59 Å². The molecule has 2 amide bonds. The molecule has 0 aliphatic carbocycles. The molecular formula is C28H27N3O7. The van der Waals surface area contributed by atoms with Gasteiger partial charge in [-0.1, -0.05) is 30.3 Å². The van der Waals surface area contributed by atoms with Gasteiger partial charge in [0.05, 0.1) is 34.1 Å². The second kappa shape index (κ2) is 13.8. The molecule has 196 valence electrons. The fraction of sp³-hybridized carbons (Fsp3) is 0.143. The highest BCUT2D eigenvalue weighted by atomic mass is 16.6. The minimum atomic E-state index is -0.559. The van der Waals surface area contributed by atoms with Crippen LogP contribution in [-0.4, -0.2) is 51.9 Å². The fourth-order valence-corrected chi connectivity index (χ4v) is 3.18. The second-order valence-corrected chi connectivity index (χ2v) is 7.62. The molecule has 2 N–H and O–H groups in total.